The maximum absolute atomic E-state index is 5.04. The Hall–Kier alpha value is -4.90. The van der Waals surface area contributed by atoms with E-state index in [9.17, 15) is 0 Å². The highest BCUT2D eigenvalue weighted by atomic mass is 15.3. The Morgan fingerprint density at radius 3 is 2.21 bits per heavy atom. The van der Waals surface area contributed by atoms with Crippen LogP contribution < -0.4 is 0 Å². The normalized spacial score (nSPS) is 11.5. The molecule has 188 valence electrons. The van der Waals surface area contributed by atoms with Crippen LogP contribution in [0, 0.1) is 0 Å². The first-order valence-corrected chi connectivity index (χ1v) is 13.4. The number of hydrogen-bond acceptors (Lipinski definition) is 4. The summed E-state index contributed by atoms with van der Waals surface area (Å²) in [5.74, 6) is 0.704. The van der Waals surface area contributed by atoms with E-state index < -0.39 is 0 Å². The zero-order valence-electron chi connectivity index (χ0n) is 22.0. The number of nitrogens with zero attached hydrogens (tertiary/aromatic N) is 5. The molecule has 0 N–H and O–H groups in total. The number of fused-ring (bicyclic) bond motifs is 4. The Balaban J connectivity index is 1.36. The third-order valence-electron chi connectivity index (χ3n) is 7.34. The molecule has 0 spiro atoms. The van der Waals surface area contributed by atoms with Crippen LogP contribution >= 0.6 is 0 Å². The van der Waals surface area contributed by atoms with Gasteiger partial charge in [0.2, 0.25) is 0 Å². The van der Waals surface area contributed by atoms with Crippen LogP contribution in [0.4, 0.5) is 0 Å². The van der Waals surface area contributed by atoms with Crippen LogP contribution in [0.15, 0.2) is 103 Å². The van der Waals surface area contributed by atoms with Gasteiger partial charge in [-0.05, 0) is 59.9 Å². The summed E-state index contributed by atoms with van der Waals surface area (Å²) in [4.78, 5) is 14.8. The van der Waals surface area contributed by atoms with Gasteiger partial charge in [0.1, 0.15) is 0 Å². The lowest BCUT2D eigenvalue weighted by Gasteiger charge is -2.12. The second kappa shape index (κ2) is 9.44. The van der Waals surface area contributed by atoms with Crippen LogP contribution in [0.3, 0.4) is 0 Å². The Labute approximate surface area is 226 Å². The Kier molecular flexibility index (Phi) is 5.63. The molecule has 0 bridgehead atoms. The molecule has 0 aliphatic carbocycles. The first-order valence-electron chi connectivity index (χ1n) is 13.4. The first kappa shape index (κ1) is 23.2. The lowest BCUT2D eigenvalue weighted by atomic mass is 9.96. The average Bonchev–Trinajstić information content (AvgIpc) is 3.44. The van der Waals surface area contributed by atoms with Crippen LogP contribution in [-0.4, -0.2) is 24.6 Å². The summed E-state index contributed by atoms with van der Waals surface area (Å²) >= 11 is 0. The van der Waals surface area contributed by atoms with Crippen molar-refractivity contribution in [2.45, 2.75) is 26.7 Å². The van der Waals surface area contributed by atoms with E-state index in [1.165, 1.54) is 0 Å². The molecule has 4 heterocycles. The van der Waals surface area contributed by atoms with Gasteiger partial charge in [-0.3, -0.25) is 9.97 Å². The summed E-state index contributed by atoms with van der Waals surface area (Å²) in [7, 11) is 0. The van der Waals surface area contributed by atoms with E-state index in [1.807, 2.05) is 35.0 Å². The smallest absolute Gasteiger partial charge is 0.182 e. The fraction of sp³-hybridized carbons (Fsp3) is 0.118. The summed E-state index contributed by atoms with van der Waals surface area (Å²) in [5, 5.41) is 7.06. The predicted molar refractivity (Wildman–Crippen MR) is 159 cm³/mol. The van der Waals surface area contributed by atoms with Crippen LogP contribution in [0.25, 0.3) is 61.1 Å². The van der Waals surface area contributed by atoms with E-state index in [-0.39, 0.29) is 0 Å². The molecule has 39 heavy (non-hydrogen) atoms. The van der Waals surface area contributed by atoms with Gasteiger partial charge in [0.05, 0.1) is 11.0 Å². The van der Waals surface area contributed by atoms with Crippen LogP contribution in [0.5, 0.6) is 0 Å². The van der Waals surface area contributed by atoms with Crippen molar-refractivity contribution in [2.75, 3.05) is 0 Å². The van der Waals surface area contributed by atoms with Crippen molar-refractivity contribution in [1.82, 2.24) is 24.6 Å². The van der Waals surface area contributed by atoms with Crippen molar-refractivity contribution in [3.05, 3.63) is 115 Å². The number of aromatic nitrogens is 5. The molecule has 0 aliphatic heterocycles. The summed E-state index contributed by atoms with van der Waals surface area (Å²) < 4.78 is 1.87. The second-order valence-corrected chi connectivity index (χ2v) is 9.81. The standard InChI is InChI=1S/C34H27N5/c1-3-27-16-13-23-14-17-29-30(20-28(4-2)36-33(29)32(23)35-27)24-11-8-12-25(19-24)34-37-31-18-15-26(21-39(31)38-34)22-9-6-5-7-10-22/h5-21H,3-4H2,1-2H3. The highest BCUT2D eigenvalue weighted by molar-refractivity contribution is 6.08. The Bertz CT molecular complexity index is 1990. The summed E-state index contributed by atoms with van der Waals surface area (Å²) in [6.45, 7) is 4.28. The molecule has 3 aromatic carbocycles. The number of aryl methyl sites for hydroxylation is 2. The quantitative estimate of drug-likeness (QED) is 0.223. The van der Waals surface area contributed by atoms with E-state index >= 15 is 0 Å². The van der Waals surface area contributed by atoms with E-state index in [2.05, 4.69) is 86.6 Å². The first-order chi connectivity index (χ1) is 19.2. The third kappa shape index (κ3) is 4.12. The maximum atomic E-state index is 5.04. The van der Waals surface area contributed by atoms with Crippen molar-refractivity contribution in [3.63, 3.8) is 0 Å². The number of benzene rings is 3. The fourth-order valence-electron chi connectivity index (χ4n) is 5.21. The van der Waals surface area contributed by atoms with Crippen molar-refractivity contribution < 1.29 is 0 Å². The molecule has 0 radical (unpaired) electrons. The van der Waals surface area contributed by atoms with Gasteiger partial charge in [-0.1, -0.05) is 80.6 Å². The van der Waals surface area contributed by atoms with E-state index in [0.29, 0.717) is 5.82 Å². The summed E-state index contributed by atoms with van der Waals surface area (Å²) in [6.07, 6.45) is 3.79. The van der Waals surface area contributed by atoms with Crippen molar-refractivity contribution in [3.8, 4) is 33.6 Å². The zero-order valence-corrected chi connectivity index (χ0v) is 22.0. The Morgan fingerprint density at radius 2 is 1.36 bits per heavy atom. The Morgan fingerprint density at radius 1 is 0.590 bits per heavy atom. The van der Waals surface area contributed by atoms with E-state index in [1.54, 1.807) is 0 Å². The summed E-state index contributed by atoms with van der Waals surface area (Å²) in [5.41, 5.74) is 10.4. The monoisotopic (exact) mass is 505 g/mol. The lowest BCUT2D eigenvalue weighted by molar-refractivity contribution is 0.967. The van der Waals surface area contributed by atoms with Crippen LogP contribution in [0.1, 0.15) is 25.2 Å². The SMILES string of the molecule is CCc1ccc2ccc3c(-c4cccc(-c5nc6ccc(-c7ccccc7)cn6n5)c4)cc(CC)nc3c2n1. The minimum Gasteiger partial charge on any atom is -0.251 e. The minimum atomic E-state index is 0.704. The molecule has 4 aromatic heterocycles. The molecular weight excluding hydrogens is 478 g/mol. The molecule has 0 unspecified atom stereocenters. The molecule has 0 aliphatic rings. The number of hydrogen-bond donors (Lipinski definition) is 0. The fourth-order valence-corrected chi connectivity index (χ4v) is 5.21. The topological polar surface area (TPSA) is 56.0 Å². The highest BCUT2D eigenvalue weighted by Crippen LogP contribution is 2.34. The molecule has 0 atom stereocenters. The zero-order chi connectivity index (χ0) is 26.3. The molecule has 7 aromatic rings. The van der Waals surface area contributed by atoms with Gasteiger partial charge in [-0.2, -0.15) is 0 Å². The molecule has 0 saturated heterocycles. The van der Waals surface area contributed by atoms with Gasteiger partial charge in [0, 0.05) is 39.5 Å². The summed E-state index contributed by atoms with van der Waals surface area (Å²) in [6, 6.07) is 33.7. The molecule has 5 nitrogen and oxygen atoms in total. The van der Waals surface area contributed by atoms with Crippen molar-refractivity contribution >= 4 is 27.5 Å². The second-order valence-electron chi connectivity index (χ2n) is 9.81. The molecule has 0 fully saturated rings. The van der Waals surface area contributed by atoms with Crippen LogP contribution in [-0.2, 0) is 12.8 Å². The minimum absolute atomic E-state index is 0.704. The van der Waals surface area contributed by atoms with Gasteiger partial charge in [0.25, 0.3) is 0 Å². The molecule has 0 amide bonds. The molecule has 5 heteroatoms. The largest absolute Gasteiger partial charge is 0.251 e. The van der Waals surface area contributed by atoms with Gasteiger partial charge in [-0.25, -0.2) is 9.50 Å². The number of rotatable bonds is 5. The van der Waals surface area contributed by atoms with Crippen LogP contribution in [0.2, 0.25) is 0 Å². The van der Waals surface area contributed by atoms with Gasteiger partial charge < -0.3 is 0 Å². The third-order valence-corrected chi connectivity index (χ3v) is 7.34. The van der Waals surface area contributed by atoms with Gasteiger partial charge in [0.15, 0.2) is 11.5 Å². The van der Waals surface area contributed by atoms with Crippen molar-refractivity contribution in [2.24, 2.45) is 0 Å². The maximum Gasteiger partial charge on any atom is 0.182 e. The number of pyridine rings is 3. The van der Waals surface area contributed by atoms with Gasteiger partial charge >= 0.3 is 0 Å². The lowest BCUT2D eigenvalue weighted by Crippen LogP contribution is -1.96. The predicted octanol–water partition coefficient (Wildman–Crippen LogP) is 7.95. The van der Waals surface area contributed by atoms with Gasteiger partial charge in [-0.15, -0.1) is 5.10 Å². The molecule has 0 saturated carbocycles. The average molecular weight is 506 g/mol. The van der Waals surface area contributed by atoms with E-state index in [4.69, 9.17) is 20.1 Å². The van der Waals surface area contributed by atoms with E-state index in [0.717, 1.165) is 79.5 Å². The van der Waals surface area contributed by atoms with Crippen molar-refractivity contribution in [1.29, 1.82) is 0 Å². The highest BCUT2D eigenvalue weighted by Gasteiger charge is 2.14. The molecule has 7 rings (SSSR count). The molecular formula is C34H27N5.